The quantitative estimate of drug-likeness (QED) is 0.779. The molecule has 0 aliphatic rings. The van der Waals surface area contributed by atoms with E-state index in [1.54, 1.807) is 0 Å². The van der Waals surface area contributed by atoms with Gasteiger partial charge in [0.05, 0.1) is 6.04 Å². The first kappa shape index (κ1) is 19.0. The summed E-state index contributed by atoms with van der Waals surface area (Å²) in [6.07, 6.45) is 1.15. The van der Waals surface area contributed by atoms with Crippen molar-refractivity contribution < 1.29 is 9.53 Å². The summed E-state index contributed by atoms with van der Waals surface area (Å²) in [5.74, 6) is 0.674. The van der Waals surface area contributed by atoms with E-state index < -0.39 is 6.10 Å². The van der Waals surface area contributed by atoms with Gasteiger partial charge in [-0.3, -0.25) is 4.79 Å². The Morgan fingerprint density at radius 2 is 1.64 bits per heavy atom. The largest absolute Gasteiger partial charge is 0.481 e. The lowest BCUT2D eigenvalue weighted by Crippen LogP contribution is -2.39. The van der Waals surface area contributed by atoms with E-state index >= 15 is 0 Å². The van der Waals surface area contributed by atoms with E-state index in [9.17, 15) is 4.79 Å². The van der Waals surface area contributed by atoms with Crippen molar-refractivity contribution >= 4 is 5.91 Å². The molecular weight excluding hydrogens is 310 g/mol. The maximum absolute atomic E-state index is 12.6. The van der Waals surface area contributed by atoms with Crippen LogP contribution in [0.3, 0.4) is 0 Å². The van der Waals surface area contributed by atoms with Crippen molar-refractivity contribution in [3.8, 4) is 5.75 Å². The van der Waals surface area contributed by atoms with Gasteiger partial charge in [-0.2, -0.15) is 0 Å². The van der Waals surface area contributed by atoms with E-state index in [4.69, 9.17) is 4.74 Å². The second kappa shape index (κ2) is 8.70. The second-order valence-corrected chi connectivity index (χ2v) is 6.66. The number of hydrogen-bond donors (Lipinski definition) is 1. The van der Waals surface area contributed by atoms with Gasteiger partial charge in [-0.1, -0.05) is 44.2 Å². The Bertz CT molecular complexity index is 686. The minimum atomic E-state index is -0.487. The minimum Gasteiger partial charge on any atom is -0.481 e. The van der Waals surface area contributed by atoms with Gasteiger partial charge in [-0.25, -0.2) is 0 Å². The van der Waals surface area contributed by atoms with E-state index in [2.05, 4.69) is 42.6 Å². The lowest BCUT2D eigenvalue weighted by molar-refractivity contribution is -0.128. The molecule has 25 heavy (non-hydrogen) atoms. The Morgan fingerprint density at radius 3 is 2.16 bits per heavy atom. The molecule has 0 heterocycles. The van der Waals surface area contributed by atoms with Crippen LogP contribution in [0.1, 0.15) is 55.5 Å². The molecule has 0 spiro atoms. The average Bonchev–Trinajstić information content (AvgIpc) is 2.58. The molecule has 3 heteroatoms. The highest BCUT2D eigenvalue weighted by molar-refractivity contribution is 5.81. The third-order valence-electron chi connectivity index (χ3n) is 4.38. The molecule has 0 unspecified atom stereocenters. The molecule has 0 aliphatic carbocycles. The molecule has 2 rings (SSSR count). The third-order valence-corrected chi connectivity index (χ3v) is 4.38. The zero-order valence-corrected chi connectivity index (χ0v) is 15.9. The Morgan fingerprint density at radius 1 is 1.04 bits per heavy atom. The van der Waals surface area contributed by atoms with Crippen LogP contribution in [0.25, 0.3) is 0 Å². The van der Waals surface area contributed by atoms with E-state index in [-0.39, 0.29) is 11.9 Å². The molecule has 0 radical (unpaired) electrons. The highest BCUT2D eigenvalue weighted by atomic mass is 16.5. The first-order valence-electron chi connectivity index (χ1n) is 9.07. The number of ether oxygens (including phenoxy) is 1. The number of nitrogens with one attached hydrogen (secondary N) is 1. The zero-order chi connectivity index (χ0) is 18.4. The van der Waals surface area contributed by atoms with Gasteiger partial charge in [-0.05, 0) is 68.0 Å². The first-order chi connectivity index (χ1) is 11.9. The smallest absolute Gasteiger partial charge is 0.261 e. The van der Waals surface area contributed by atoms with Crippen LogP contribution in [0.4, 0.5) is 0 Å². The molecule has 0 aliphatic heterocycles. The summed E-state index contributed by atoms with van der Waals surface area (Å²) in [5, 5.41) is 3.07. The second-order valence-electron chi connectivity index (χ2n) is 6.66. The molecule has 1 N–H and O–H groups in total. The molecule has 3 nitrogen and oxygen atoms in total. The van der Waals surface area contributed by atoms with Gasteiger partial charge in [0.25, 0.3) is 5.91 Å². The van der Waals surface area contributed by atoms with Gasteiger partial charge in [0.2, 0.25) is 0 Å². The summed E-state index contributed by atoms with van der Waals surface area (Å²) >= 11 is 0. The van der Waals surface area contributed by atoms with Crippen LogP contribution in [-0.2, 0) is 11.2 Å². The lowest BCUT2D eigenvalue weighted by atomic mass is 10.0. The fourth-order valence-corrected chi connectivity index (χ4v) is 2.92. The predicted molar refractivity (Wildman–Crippen MR) is 103 cm³/mol. The number of carbonyl (C=O) groups is 1. The van der Waals surface area contributed by atoms with Crippen molar-refractivity contribution in [2.45, 2.75) is 59.6 Å². The molecule has 0 fully saturated rings. The van der Waals surface area contributed by atoms with Gasteiger partial charge < -0.3 is 10.1 Å². The molecule has 0 bridgehead atoms. The van der Waals surface area contributed by atoms with E-state index in [0.717, 1.165) is 28.9 Å². The fourth-order valence-electron chi connectivity index (χ4n) is 2.92. The zero-order valence-electron chi connectivity index (χ0n) is 15.9. The number of aryl methyl sites for hydroxylation is 3. The highest BCUT2D eigenvalue weighted by Gasteiger charge is 2.21. The molecule has 2 aromatic rings. The number of carbonyl (C=O) groups excluding carboxylic acids is 1. The molecular formula is C22H29NO2. The summed E-state index contributed by atoms with van der Waals surface area (Å²) in [7, 11) is 0. The minimum absolute atomic E-state index is 0.0460. The van der Waals surface area contributed by atoms with Crippen molar-refractivity contribution in [1.82, 2.24) is 5.32 Å². The molecule has 1 amide bonds. The van der Waals surface area contributed by atoms with Gasteiger partial charge >= 0.3 is 0 Å². The molecule has 0 aromatic heterocycles. The van der Waals surface area contributed by atoms with Gasteiger partial charge in [0.15, 0.2) is 6.10 Å². The van der Waals surface area contributed by atoms with Crippen LogP contribution in [0.5, 0.6) is 5.75 Å². The first-order valence-corrected chi connectivity index (χ1v) is 9.07. The highest BCUT2D eigenvalue weighted by Crippen LogP contribution is 2.19. The molecule has 2 atom stereocenters. The number of hydrogen-bond acceptors (Lipinski definition) is 2. The standard InChI is InChI=1S/C22H29NO2/c1-6-18-8-10-19(11-9-18)17(5)23-22(24)21(7-2)25-20-13-15(3)12-16(4)14-20/h8-14,17,21H,6-7H2,1-5H3,(H,23,24)/t17-,21-/m0/s1. The van der Waals surface area contributed by atoms with Crippen molar-refractivity contribution in [2.75, 3.05) is 0 Å². The average molecular weight is 339 g/mol. The third kappa shape index (κ3) is 5.35. The molecule has 2 aromatic carbocycles. The molecule has 134 valence electrons. The van der Waals surface area contributed by atoms with Gasteiger partial charge in [0.1, 0.15) is 5.75 Å². The van der Waals surface area contributed by atoms with E-state index in [0.29, 0.717) is 6.42 Å². The SMILES string of the molecule is CCc1ccc([C@H](C)NC(=O)[C@H](CC)Oc2cc(C)cc(C)c2)cc1. The van der Waals surface area contributed by atoms with Gasteiger partial charge in [-0.15, -0.1) is 0 Å². The molecule has 0 saturated carbocycles. The Kier molecular flexibility index (Phi) is 6.63. The van der Waals surface area contributed by atoms with Crippen LogP contribution < -0.4 is 10.1 Å². The van der Waals surface area contributed by atoms with E-state index in [1.165, 1.54) is 5.56 Å². The summed E-state index contributed by atoms with van der Waals surface area (Å²) < 4.78 is 5.95. The maximum Gasteiger partial charge on any atom is 0.261 e. The maximum atomic E-state index is 12.6. The lowest BCUT2D eigenvalue weighted by Gasteiger charge is -2.21. The van der Waals surface area contributed by atoms with E-state index in [1.807, 2.05) is 39.8 Å². The monoisotopic (exact) mass is 339 g/mol. The predicted octanol–water partition coefficient (Wildman–Crippen LogP) is 4.90. The Labute approximate surface area is 151 Å². The number of amides is 1. The number of rotatable bonds is 7. The topological polar surface area (TPSA) is 38.3 Å². The Hall–Kier alpha value is -2.29. The summed E-state index contributed by atoms with van der Waals surface area (Å²) in [6.45, 7) is 10.2. The van der Waals surface area contributed by atoms with Crippen LogP contribution in [-0.4, -0.2) is 12.0 Å². The normalized spacial score (nSPS) is 13.2. The van der Waals surface area contributed by atoms with Crippen molar-refractivity contribution in [3.05, 3.63) is 64.7 Å². The summed E-state index contributed by atoms with van der Waals surface area (Å²) in [4.78, 5) is 12.6. The summed E-state index contributed by atoms with van der Waals surface area (Å²) in [5.41, 5.74) is 4.67. The van der Waals surface area contributed by atoms with Crippen molar-refractivity contribution in [2.24, 2.45) is 0 Å². The fraction of sp³-hybridized carbons (Fsp3) is 0.409. The van der Waals surface area contributed by atoms with Crippen LogP contribution >= 0.6 is 0 Å². The van der Waals surface area contributed by atoms with Crippen molar-refractivity contribution in [1.29, 1.82) is 0 Å². The summed E-state index contributed by atoms with van der Waals surface area (Å²) in [6, 6.07) is 14.4. The van der Waals surface area contributed by atoms with Crippen LogP contribution in [0, 0.1) is 13.8 Å². The molecule has 0 saturated heterocycles. The Balaban J connectivity index is 2.03. The number of benzene rings is 2. The van der Waals surface area contributed by atoms with Crippen LogP contribution in [0.15, 0.2) is 42.5 Å². The van der Waals surface area contributed by atoms with Crippen molar-refractivity contribution in [3.63, 3.8) is 0 Å². The van der Waals surface area contributed by atoms with Crippen LogP contribution in [0.2, 0.25) is 0 Å². The van der Waals surface area contributed by atoms with Gasteiger partial charge in [0, 0.05) is 0 Å².